The molecule has 0 aliphatic heterocycles. The zero-order valence-corrected chi connectivity index (χ0v) is 9.41. The van der Waals surface area contributed by atoms with E-state index in [2.05, 4.69) is 60.4 Å². The highest BCUT2D eigenvalue weighted by atomic mass is 127. The topological polar surface area (TPSA) is 0 Å². The van der Waals surface area contributed by atoms with Crippen molar-refractivity contribution in [1.29, 1.82) is 0 Å². The molecule has 0 N–H and O–H groups in total. The van der Waals surface area contributed by atoms with Crippen LogP contribution in [0.2, 0.25) is 0 Å². The molecule has 1 unspecified atom stereocenters. The lowest BCUT2D eigenvalue weighted by Crippen LogP contribution is -1.97. The van der Waals surface area contributed by atoms with Crippen LogP contribution in [0.15, 0.2) is 36.9 Å². The molecular formula is C11H13I. The van der Waals surface area contributed by atoms with Gasteiger partial charge in [0.15, 0.2) is 0 Å². The lowest BCUT2D eigenvalue weighted by molar-refractivity contribution is 0.723. The molecule has 0 amide bonds. The normalized spacial score (nSPS) is 12.5. The zero-order valence-electron chi connectivity index (χ0n) is 7.26. The van der Waals surface area contributed by atoms with E-state index >= 15 is 0 Å². The van der Waals surface area contributed by atoms with Gasteiger partial charge >= 0.3 is 0 Å². The van der Waals surface area contributed by atoms with Crippen molar-refractivity contribution in [3.63, 3.8) is 0 Å². The van der Waals surface area contributed by atoms with Crippen LogP contribution in [0, 0.1) is 9.49 Å². The average molecular weight is 272 g/mol. The van der Waals surface area contributed by atoms with Gasteiger partial charge in [-0.15, -0.1) is 6.58 Å². The van der Waals surface area contributed by atoms with Gasteiger partial charge in [0.25, 0.3) is 0 Å². The molecule has 0 aliphatic rings. The van der Waals surface area contributed by atoms with Crippen molar-refractivity contribution in [3.05, 3.63) is 46.1 Å². The first-order chi connectivity index (χ1) is 5.74. The van der Waals surface area contributed by atoms with E-state index in [1.54, 1.807) is 0 Å². The Kier molecular flexibility index (Phi) is 3.79. The van der Waals surface area contributed by atoms with Crippen LogP contribution < -0.4 is 0 Å². The summed E-state index contributed by atoms with van der Waals surface area (Å²) in [4.78, 5) is 0. The van der Waals surface area contributed by atoms with Crippen LogP contribution in [0.4, 0.5) is 0 Å². The van der Waals surface area contributed by atoms with E-state index in [0.29, 0.717) is 5.92 Å². The van der Waals surface area contributed by atoms with E-state index in [0.717, 1.165) is 6.42 Å². The van der Waals surface area contributed by atoms with E-state index in [1.165, 1.54) is 9.13 Å². The second-order valence-corrected chi connectivity index (χ2v) is 4.17. The molecule has 0 nitrogen and oxygen atoms in total. The minimum Gasteiger partial charge on any atom is -0.103 e. The number of halogens is 1. The first kappa shape index (κ1) is 9.78. The molecule has 0 saturated heterocycles. The Morgan fingerprint density at radius 1 is 1.50 bits per heavy atom. The van der Waals surface area contributed by atoms with E-state index in [1.807, 2.05) is 6.08 Å². The summed E-state index contributed by atoms with van der Waals surface area (Å²) in [6, 6.07) is 8.49. The molecule has 0 fully saturated rings. The Hall–Kier alpha value is -0.310. The predicted molar refractivity (Wildman–Crippen MR) is 62.2 cm³/mol. The van der Waals surface area contributed by atoms with Gasteiger partial charge in [-0.2, -0.15) is 0 Å². The summed E-state index contributed by atoms with van der Waals surface area (Å²) in [5, 5.41) is 0. The second kappa shape index (κ2) is 4.65. The maximum Gasteiger partial charge on any atom is 0.0162 e. The molecule has 1 rings (SSSR count). The van der Waals surface area contributed by atoms with Crippen molar-refractivity contribution in [2.75, 3.05) is 0 Å². The Morgan fingerprint density at radius 3 is 2.75 bits per heavy atom. The third-order valence-corrected chi connectivity index (χ3v) is 2.95. The molecule has 0 saturated carbocycles. The fourth-order valence-electron chi connectivity index (χ4n) is 1.09. The van der Waals surface area contributed by atoms with Crippen molar-refractivity contribution in [2.45, 2.75) is 13.3 Å². The van der Waals surface area contributed by atoms with Crippen LogP contribution in [-0.4, -0.2) is 0 Å². The Balaban J connectivity index is 2.75. The third kappa shape index (κ3) is 2.63. The molecule has 12 heavy (non-hydrogen) atoms. The minimum absolute atomic E-state index is 0.570. The molecule has 0 aliphatic carbocycles. The first-order valence-electron chi connectivity index (χ1n) is 4.10. The summed E-state index contributed by atoms with van der Waals surface area (Å²) < 4.78 is 1.35. The Bertz CT molecular complexity index is 265. The van der Waals surface area contributed by atoms with E-state index < -0.39 is 0 Å². The van der Waals surface area contributed by atoms with Crippen molar-refractivity contribution in [2.24, 2.45) is 5.92 Å². The Morgan fingerprint density at radius 2 is 2.17 bits per heavy atom. The molecule has 0 radical (unpaired) electrons. The van der Waals surface area contributed by atoms with Crippen LogP contribution >= 0.6 is 22.6 Å². The van der Waals surface area contributed by atoms with Crippen LogP contribution in [-0.2, 0) is 6.42 Å². The fraction of sp³-hybridized carbons (Fsp3) is 0.273. The largest absolute Gasteiger partial charge is 0.103 e. The molecule has 1 heteroatoms. The quantitative estimate of drug-likeness (QED) is 0.582. The summed E-state index contributed by atoms with van der Waals surface area (Å²) in [7, 11) is 0. The number of hydrogen-bond acceptors (Lipinski definition) is 0. The number of allylic oxidation sites excluding steroid dienone is 1. The van der Waals surface area contributed by atoms with Gasteiger partial charge in [0.05, 0.1) is 0 Å². The number of benzene rings is 1. The molecule has 0 spiro atoms. The number of rotatable bonds is 3. The summed E-state index contributed by atoms with van der Waals surface area (Å²) >= 11 is 2.38. The maximum atomic E-state index is 3.78. The van der Waals surface area contributed by atoms with Gasteiger partial charge in [0.2, 0.25) is 0 Å². The molecule has 0 aromatic heterocycles. The number of hydrogen-bond donors (Lipinski definition) is 0. The summed E-state index contributed by atoms with van der Waals surface area (Å²) in [5.41, 5.74) is 1.42. The van der Waals surface area contributed by atoms with Gasteiger partial charge in [0.1, 0.15) is 0 Å². The molecule has 0 bridgehead atoms. The standard InChI is InChI=1S/C11H13I/c1-3-9(2)8-10-6-4-5-7-11(10)12/h3-7,9H,1,8H2,2H3. The van der Waals surface area contributed by atoms with E-state index in [4.69, 9.17) is 0 Å². The second-order valence-electron chi connectivity index (χ2n) is 3.01. The van der Waals surface area contributed by atoms with Crippen molar-refractivity contribution in [3.8, 4) is 0 Å². The zero-order chi connectivity index (χ0) is 8.97. The molecule has 1 atom stereocenters. The van der Waals surface area contributed by atoms with Gasteiger partial charge in [-0.05, 0) is 46.6 Å². The van der Waals surface area contributed by atoms with Crippen LogP contribution in [0.3, 0.4) is 0 Å². The first-order valence-corrected chi connectivity index (χ1v) is 5.18. The SMILES string of the molecule is C=CC(C)Cc1ccccc1I. The molecular weight excluding hydrogens is 259 g/mol. The highest BCUT2D eigenvalue weighted by Gasteiger charge is 2.01. The maximum absolute atomic E-state index is 3.78. The van der Waals surface area contributed by atoms with Gasteiger partial charge < -0.3 is 0 Å². The summed E-state index contributed by atoms with van der Waals surface area (Å²) in [6.45, 7) is 5.97. The third-order valence-electron chi connectivity index (χ3n) is 1.90. The van der Waals surface area contributed by atoms with Gasteiger partial charge in [-0.1, -0.05) is 31.2 Å². The lowest BCUT2D eigenvalue weighted by Gasteiger charge is -2.07. The minimum atomic E-state index is 0.570. The summed E-state index contributed by atoms with van der Waals surface area (Å²) in [6.07, 6.45) is 3.10. The van der Waals surface area contributed by atoms with Crippen LogP contribution in [0.25, 0.3) is 0 Å². The highest BCUT2D eigenvalue weighted by Crippen LogP contribution is 2.15. The highest BCUT2D eigenvalue weighted by molar-refractivity contribution is 14.1. The van der Waals surface area contributed by atoms with Gasteiger partial charge in [-0.3, -0.25) is 0 Å². The molecule has 64 valence electrons. The van der Waals surface area contributed by atoms with Crippen molar-refractivity contribution in [1.82, 2.24) is 0 Å². The molecule has 1 aromatic carbocycles. The van der Waals surface area contributed by atoms with Gasteiger partial charge in [-0.25, -0.2) is 0 Å². The van der Waals surface area contributed by atoms with E-state index in [-0.39, 0.29) is 0 Å². The Labute approximate surface area is 87.8 Å². The predicted octanol–water partition coefficient (Wildman–Crippen LogP) is 3.66. The average Bonchev–Trinajstić information content (AvgIpc) is 2.09. The van der Waals surface area contributed by atoms with Crippen molar-refractivity contribution >= 4 is 22.6 Å². The van der Waals surface area contributed by atoms with Gasteiger partial charge in [0, 0.05) is 3.57 Å². The summed E-state index contributed by atoms with van der Waals surface area (Å²) in [5.74, 6) is 0.570. The lowest BCUT2D eigenvalue weighted by atomic mass is 10.0. The van der Waals surface area contributed by atoms with Crippen molar-refractivity contribution < 1.29 is 0 Å². The monoisotopic (exact) mass is 272 g/mol. The van der Waals surface area contributed by atoms with Crippen LogP contribution in [0.5, 0.6) is 0 Å². The molecule has 0 heterocycles. The molecule has 1 aromatic rings. The van der Waals surface area contributed by atoms with E-state index in [9.17, 15) is 0 Å². The fourth-order valence-corrected chi connectivity index (χ4v) is 1.70. The van der Waals surface area contributed by atoms with Crippen LogP contribution in [0.1, 0.15) is 12.5 Å². The smallest absolute Gasteiger partial charge is 0.0162 e.